The monoisotopic (exact) mass is 332 g/mol. The second kappa shape index (κ2) is 6.02. The molecule has 0 saturated carbocycles. The van der Waals surface area contributed by atoms with Crippen LogP contribution in [0.5, 0.6) is 0 Å². The van der Waals surface area contributed by atoms with Crippen LogP contribution in [0, 0.1) is 0 Å². The number of aromatic amines is 1. The third-order valence-corrected chi connectivity index (χ3v) is 5.50. The summed E-state index contributed by atoms with van der Waals surface area (Å²) in [7, 11) is -3.67. The van der Waals surface area contributed by atoms with Crippen molar-refractivity contribution in [2.24, 2.45) is 0 Å². The molecule has 0 saturated heterocycles. The summed E-state index contributed by atoms with van der Waals surface area (Å²) in [6.07, 6.45) is 0. The molecular weight excluding hydrogens is 316 g/mol. The molecule has 0 amide bonds. The smallest absolute Gasteiger partial charge is 0.408 e. The number of H-pyrrole nitrogens is 1. The van der Waals surface area contributed by atoms with Gasteiger partial charge in [0.05, 0.1) is 10.4 Å². The summed E-state index contributed by atoms with van der Waals surface area (Å²) in [5.74, 6) is -0.605. The molecule has 0 atom stereocenters. The average Bonchev–Trinajstić information content (AvgIpc) is 2.92. The minimum Gasteiger partial charge on any atom is -0.408 e. The zero-order valence-electron chi connectivity index (χ0n) is 12.5. The van der Waals surface area contributed by atoms with Gasteiger partial charge in [0.2, 0.25) is 10.0 Å². The molecule has 1 heterocycles. The maximum Gasteiger partial charge on any atom is 0.417 e. The maximum absolute atomic E-state index is 12.8. The SMILES string of the molecule is CCN(Cc1ccccc1)S(=O)(=O)c1ccc2[nH]c(=O)oc2c1. The Morgan fingerprint density at radius 3 is 2.57 bits per heavy atom. The molecule has 1 aromatic heterocycles. The molecule has 0 spiro atoms. The average molecular weight is 332 g/mol. The van der Waals surface area contributed by atoms with Crippen LogP contribution in [-0.4, -0.2) is 24.3 Å². The summed E-state index contributed by atoms with van der Waals surface area (Å²) in [5, 5.41) is 0. The predicted molar refractivity (Wildman–Crippen MR) is 86.5 cm³/mol. The Kier molecular flexibility index (Phi) is 4.06. The Morgan fingerprint density at radius 2 is 1.87 bits per heavy atom. The summed E-state index contributed by atoms with van der Waals surface area (Å²) < 4.78 is 32.0. The number of nitrogens with one attached hydrogen (secondary N) is 1. The standard InChI is InChI=1S/C16H16N2O4S/c1-2-18(11-12-6-4-3-5-7-12)23(20,21)13-8-9-14-15(10-13)22-16(19)17-14/h3-10H,2,11H2,1H3,(H,17,19). The third kappa shape index (κ3) is 3.06. The van der Waals surface area contributed by atoms with Crippen LogP contribution in [0.1, 0.15) is 12.5 Å². The number of hydrogen-bond acceptors (Lipinski definition) is 4. The quantitative estimate of drug-likeness (QED) is 0.777. The van der Waals surface area contributed by atoms with Crippen LogP contribution < -0.4 is 5.76 Å². The lowest BCUT2D eigenvalue weighted by atomic mass is 10.2. The van der Waals surface area contributed by atoms with Crippen molar-refractivity contribution in [1.82, 2.24) is 9.29 Å². The van der Waals surface area contributed by atoms with Crippen LogP contribution in [0.3, 0.4) is 0 Å². The first-order chi connectivity index (χ1) is 11.0. The minimum atomic E-state index is -3.67. The van der Waals surface area contributed by atoms with E-state index in [1.54, 1.807) is 6.92 Å². The zero-order chi connectivity index (χ0) is 16.4. The molecule has 0 aliphatic carbocycles. The molecule has 2 aromatic carbocycles. The highest BCUT2D eigenvalue weighted by atomic mass is 32.2. The number of nitrogens with zero attached hydrogens (tertiary/aromatic N) is 1. The topological polar surface area (TPSA) is 83.4 Å². The highest BCUT2D eigenvalue weighted by molar-refractivity contribution is 7.89. The van der Waals surface area contributed by atoms with Crippen molar-refractivity contribution in [3.05, 3.63) is 64.6 Å². The lowest BCUT2D eigenvalue weighted by Gasteiger charge is -2.20. The van der Waals surface area contributed by atoms with Crippen molar-refractivity contribution in [3.8, 4) is 0 Å². The van der Waals surface area contributed by atoms with Gasteiger partial charge in [-0.25, -0.2) is 13.2 Å². The highest BCUT2D eigenvalue weighted by Gasteiger charge is 2.24. The second-order valence-electron chi connectivity index (χ2n) is 5.09. The van der Waals surface area contributed by atoms with Crippen molar-refractivity contribution in [3.63, 3.8) is 0 Å². The molecule has 23 heavy (non-hydrogen) atoms. The Bertz CT molecular complexity index is 974. The van der Waals surface area contributed by atoms with Gasteiger partial charge in [0, 0.05) is 19.2 Å². The van der Waals surface area contributed by atoms with Gasteiger partial charge >= 0.3 is 5.76 Å². The highest BCUT2D eigenvalue weighted by Crippen LogP contribution is 2.21. The van der Waals surface area contributed by atoms with E-state index in [1.807, 2.05) is 30.3 Å². The van der Waals surface area contributed by atoms with E-state index in [0.29, 0.717) is 12.1 Å². The van der Waals surface area contributed by atoms with Crippen molar-refractivity contribution >= 4 is 21.1 Å². The minimum absolute atomic E-state index is 0.102. The molecule has 3 aromatic rings. The summed E-state index contributed by atoms with van der Waals surface area (Å²) in [6.45, 7) is 2.41. The molecule has 0 bridgehead atoms. The fraction of sp³-hybridized carbons (Fsp3) is 0.188. The van der Waals surface area contributed by atoms with E-state index in [1.165, 1.54) is 22.5 Å². The fourth-order valence-corrected chi connectivity index (χ4v) is 3.84. The molecule has 0 aliphatic rings. The van der Waals surface area contributed by atoms with Gasteiger partial charge in [-0.2, -0.15) is 4.31 Å². The molecular formula is C16H16N2O4S. The molecule has 1 N–H and O–H groups in total. The van der Waals surface area contributed by atoms with Crippen molar-refractivity contribution in [1.29, 1.82) is 0 Å². The van der Waals surface area contributed by atoms with Gasteiger partial charge in [0.25, 0.3) is 0 Å². The Hall–Kier alpha value is -2.38. The van der Waals surface area contributed by atoms with Gasteiger partial charge < -0.3 is 4.42 Å². The van der Waals surface area contributed by atoms with Gasteiger partial charge in [0.15, 0.2) is 5.58 Å². The van der Waals surface area contributed by atoms with E-state index in [9.17, 15) is 13.2 Å². The van der Waals surface area contributed by atoms with E-state index in [-0.39, 0.29) is 17.0 Å². The molecule has 3 rings (SSSR count). The van der Waals surface area contributed by atoms with Crippen molar-refractivity contribution in [2.75, 3.05) is 6.54 Å². The number of sulfonamides is 1. The largest absolute Gasteiger partial charge is 0.417 e. The Morgan fingerprint density at radius 1 is 1.13 bits per heavy atom. The first-order valence-electron chi connectivity index (χ1n) is 7.17. The second-order valence-corrected chi connectivity index (χ2v) is 7.03. The van der Waals surface area contributed by atoms with E-state index in [4.69, 9.17) is 4.42 Å². The molecule has 120 valence electrons. The lowest BCUT2D eigenvalue weighted by molar-refractivity contribution is 0.423. The number of hydrogen-bond donors (Lipinski definition) is 1. The number of rotatable bonds is 5. The van der Waals surface area contributed by atoms with Gasteiger partial charge in [-0.3, -0.25) is 4.98 Å². The van der Waals surface area contributed by atoms with Crippen LogP contribution in [0.4, 0.5) is 0 Å². The molecule has 0 radical (unpaired) electrons. The van der Waals surface area contributed by atoms with Crippen LogP contribution in [0.2, 0.25) is 0 Å². The van der Waals surface area contributed by atoms with Crippen LogP contribution >= 0.6 is 0 Å². The van der Waals surface area contributed by atoms with Crippen LogP contribution in [0.15, 0.2) is 62.6 Å². The molecule has 0 fully saturated rings. The van der Waals surface area contributed by atoms with Crippen molar-refractivity contribution in [2.45, 2.75) is 18.4 Å². The predicted octanol–water partition coefficient (Wildman–Crippen LogP) is 2.33. The van der Waals surface area contributed by atoms with E-state index < -0.39 is 15.8 Å². The molecule has 6 nitrogen and oxygen atoms in total. The molecule has 7 heteroatoms. The Labute approximate surface area is 133 Å². The van der Waals surface area contributed by atoms with Gasteiger partial charge in [-0.15, -0.1) is 0 Å². The number of oxazole rings is 1. The summed E-state index contributed by atoms with van der Waals surface area (Å²) in [4.78, 5) is 13.8. The van der Waals surface area contributed by atoms with E-state index in [0.717, 1.165) is 5.56 Å². The first-order valence-corrected chi connectivity index (χ1v) is 8.61. The number of fused-ring (bicyclic) bond motifs is 1. The normalized spacial score (nSPS) is 12.1. The Balaban J connectivity index is 1.98. The van der Waals surface area contributed by atoms with Crippen LogP contribution in [-0.2, 0) is 16.6 Å². The summed E-state index contributed by atoms with van der Waals surface area (Å²) in [5.41, 5.74) is 1.61. The van der Waals surface area contributed by atoms with Crippen molar-refractivity contribution < 1.29 is 12.8 Å². The molecule has 0 aliphatic heterocycles. The summed E-state index contributed by atoms with van der Waals surface area (Å²) in [6, 6.07) is 13.8. The zero-order valence-corrected chi connectivity index (χ0v) is 13.3. The summed E-state index contributed by atoms with van der Waals surface area (Å²) >= 11 is 0. The van der Waals surface area contributed by atoms with Gasteiger partial charge in [-0.05, 0) is 17.7 Å². The molecule has 0 unspecified atom stereocenters. The number of benzene rings is 2. The van der Waals surface area contributed by atoms with E-state index in [2.05, 4.69) is 4.98 Å². The van der Waals surface area contributed by atoms with Gasteiger partial charge in [0.1, 0.15) is 0 Å². The third-order valence-electron chi connectivity index (χ3n) is 3.58. The first kappa shape index (κ1) is 15.5. The van der Waals surface area contributed by atoms with E-state index >= 15 is 0 Å². The maximum atomic E-state index is 12.8. The lowest BCUT2D eigenvalue weighted by Crippen LogP contribution is -2.30. The fourth-order valence-electron chi connectivity index (χ4n) is 2.39. The van der Waals surface area contributed by atoms with Gasteiger partial charge in [-0.1, -0.05) is 37.3 Å². The van der Waals surface area contributed by atoms with Crippen LogP contribution in [0.25, 0.3) is 11.1 Å². The number of aromatic nitrogens is 1.